The van der Waals surface area contributed by atoms with Gasteiger partial charge in [0.2, 0.25) is 5.91 Å². The molecule has 9 atom stereocenters. The number of hydrogen-bond acceptors (Lipinski definition) is 5. The molecule has 0 aromatic rings. The Bertz CT molecular complexity index is 1710. The van der Waals surface area contributed by atoms with Crippen LogP contribution in [0.4, 0.5) is 0 Å². The van der Waals surface area contributed by atoms with E-state index in [0.717, 1.165) is 102 Å². The minimum absolute atomic E-state index is 0.0149. The number of ketones is 1. The summed E-state index contributed by atoms with van der Waals surface area (Å²) >= 11 is 0. The number of allylic oxidation sites excluding steroid dienone is 5. The van der Waals surface area contributed by atoms with E-state index in [1.807, 2.05) is 4.90 Å². The molecule has 0 aromatic heterocycles. The average molecular weight is 785 g/mol. The van der Waals surface area contributed by atoms with Crippen molar-refractivity contribution in [1.82, 2.24) is 9.80 Å². The number of aliphatic carboxylic acids is 1. The Balaban J connectivity index is 1.11. The number of carboxylic acid groups (broad SMARTS) is 1. The van der Waals surface area contributed by atoms with Gasteiger partial charge in [-0.05, 0) is 177 Å². The van der Waals surface area contributed by atoms with E-state index >= 15 is 0 Å². The van der Waals surface area contributed by atoms with Gasteiger partial charge < -0.3 is 15.1 Å². The highest BCUT2D eigenvalue weighted by atomic mass is 16.4. The Labute approximate surface area is 344 Å². The molecule has 7 heteroatoms. The van der Waals surface area contributed by atoms with Gasteiger partial charge in [-0.3, -0.25) is 19.3 Å². The van der Waals surface area contributed by atoms with Crippen LogP contribution in [0.15, 0.2) is 34.4 Å². The van der Waals surface area contributed by atoms with Gasteiger partial charge in [-0.15, -0.1) is 0 Å². The van der Waals surface area contributed by atoms with Crippen molar-refractivity contribution < 1.29 is 24.6 Å². The lowest BCUT2D eigenvalue weighted by Gasteiger charge is -2.72. The molecule has 1 aliphatic heterocycles. The number of carbonyl (C=O) groups is 3. The lowest BCUT2D eigenvalue weighted by Crippen LogP contribution is -2.65. The Hall–Kier alpha value is -2.25. The molecule has 1 heterocycles. The summed E-state index contributed by atoms with van der Waals surface area (Å²) < 4.78 is 0. The summed E-state index contributed by atoms with van der Waals surface area (Å²) in [6, 6.07) is 0. The summed E-state index contributed by atoms with van der Waals surface area (Å²) in [5, 5.41) is 22.4. The van der Waals surface area contributed by atoms with Crippen LogP contribution in [0.25, 0.3) is 0 Å². The molecule has 0 bridgehead atoms. The van der Waals surface area contributed by atoms with E-state index in [9.17, 15) is 24.6 Å². The number of rotatable bonds is 11. The molecule has 2 N–H and O–H groups in total. The molecule has 7 nitrogen and oxygen atoms in total. The zero-order valence-corrected chi connectivity index (χ0v) is 36.8. The van der Waals surface area contributed by atoms with Crippen LogP contribution < -0.4 is 0 Å². The monoisotopic (exact) mass is 785 g/mol. The molecule has 7 aliphatic carbocycles. The normalized spacial score (nSPS) is 39.7. The maximum absolute atomic E-state index is 14.4. The Morgan fingerprint density at radius 3 is 2.28 bits per heavy atom. The van der Waals surface area contributed by atoms with Gasteiger partial charge in [0.25, 0.3) is 0 Å². The summed E-state index contributed by atoms with van der Waals surface area (Å²) in [6.07, 6.45) is 21.2. The van der Waals surface area contributed by atoms with Crippen molar-refractivity contribution in [1.29, 1.82) is 0 Å². The Morgan fingerprint density at radius 2 is 1.67 bits per heavy atom. The zero-order chi connectivity index (χ0) is 40.7. The van der Waals surface area contributed by atoms with E-state index in [0.29, 0.717) is 43.7 Å². The second-order valence-corrected chi connectivity index (χ2v) is 22.1. The molecule has 1 saturated heterocycles. The van der Waals surface area contributed by atoms with E-state index in [-0.39, 0.29) is 51.1 Å². The number of amides is 1. The van der Waals surface area contributed by atoms with E-state index in [2.05, 4.69) is 65.5 Å². The van der Waals surface area contributed by atoms with Gasteiger partial charge in [0.1, 0.15) is 0 Å². The van der Waals surface area contributed by atoms with Gasteiger partial charge in [-0.25, -0.2) is 0 Å². The summed E-state index contributed by atoms with van der Waals surface area (Å²) in [6.45, 7) is 20.6. The van der Waals surface area contributed by atoms with Crippen LogP contribution in [0, 0.1) is 62.6 Å². The number of aliphatic hydroxyl groups is 1. The number of likely N-dealkylation sites (tertiary alicyclic amines) is 1. The van der Waals surface area contributed by atoms with Gasteiger partial charge >= 0.3 is 5.97 Å². The molecule has 57 heavy (non-hydrogen) atoms. The molecule has 0 spiro atoms. The third kappa shape index (κ3) is 6.42. The zero-order valence-electron chi connectivity index (χ0n) is 36.8. The lowest BCUT2D eigenvalue weighted by atomic mass is 9.32. The highest BCUT2D eigenvalue weighted by Crippen LogP contribution is 2.78. The van der Waals surface area contributed by atoms with Crippen LogP contribution in [0.5, 0.6) is 0 Å². The molecule has 8 rings (SSSR count). The van der Waals surface area contributed by atoms with Crippen molar-refractivity contribution in [3.8, 4) is 0 Å². The highest BCUT2D eigenvalue weighted by molar-refractivity contribution is 6.00. The minimum atomic E-state index is -0.744. The molecule has 316 valence electrons. The second-order valence-electron chi connectivity index (χ2n) is 22.1. The topological polar surface area (TPSA) is 98.2 Å². The van der Waals surface area contributed by atoms with Crippen LogP contribution in [-0.2, 0) is 14.4 Å². The second kappa shape index (κ2) is 15.0. The van der Waals surface area contributed by atoms with Gasteiger partial charge in [-0.2, -0.15) is 0 Å². The van der Waals surface area contributed by atoms with Crippen molar-refractivity contribution in [2.24, 2.45) is 62.6 Å². The molecular weight excluding hydrogens is 709 g/mol. The fourth-order valence-electron chi connectivity index (χ4n) is 16.0. The molecule has 0 radical (unpaired) electrons. The first-order valence-electron chi connectivity index (χ1n) is 23.6. The number of carbonyl (C=O) groups excluding carboxylic acids is 2. The SMILES string of the molecule is CC[C@@]12CC[C@@]3([C@@H](O)CN(CC4CCC4)C(=O)CN4CCCC4)CC(=O)C(C(C)C)=C3[C@H]1CC[C@@H]1[C@@]3(C)CC=C(C4=CCC(C(=O)O)CC4)C(C)(C)[C@@H]3CC[C@]12C. The van der Waals surface area contributed by atoms with Crippen LogP contribution in [0.1, 0.15) is 158 Å². The largest absolute Gasteiger partial charge is 0.481 e. The van der Waals surface area contributed by atoms with Crippen molar-refractivity contribution in [2.45, 2.75) is 164 Å². The quantitative estimate of drug-likeness (QED) is 0.217. The summed E-state index contributed by atoms with van der Waals surface area (Å²) in [5.74, 6) is 1.51. The summed E-state index contributed by atoms with van der Waals surface area (Å²) in [5.41, 5.74) is 4.95. The van der Waals surface area contributed by atoms with Crippen molar-refractivity contribution in [3.05, 3.63) is 34.4 Å². The Morgan fingerprint density at radius 1 is 0.930 bits per heavy atom. The fraction of sp³-hybridized carbons (Fsp3) is 0.820. The first-order chi connectivity index (χ1) is 27.0. The highest BCUT2D eigenvalue weighted by Gasteiger charge is 2.71. The fourth-order valence-corrected chi connectivity index (χ4v) is 16.0. The van der Waals surface area contributed by atoms with Crippen molar-refractivity contribution >= 4 is 17.7 Å². The standard InChI is InChI=1S/C50H76N2O5/c1-8-50-25-24-49(41(54)30-52(29-33-12-11-13-33)42(55)31-51-26-9-10-27-51)28-38(53)43(32(2)3)44(49)37(50)18-19-40-47(6)22-20-36(34-14-16-35(17-15-34)45(56)57)46(4,5)39(47)21-23-48(40,50)7/h14,20,32-33,35,37,39-41,54H,8-13,15-19,21-31H2,1-7H3,(H,56,57)/t35?,37-,39+,40-,41+,47+,48-,49+,50-/m1/s1. The molecule has 0 aromatic carbocycles. The third-order valence-corrected chi connectivity index (χ3v) is 19.1. The number of aliphatic hydroxyl groups excluding tert-OH is 1. The Kier molecular flexibility index (Phi) is 10.9. The first kappa shape index (κ1) is 41.5. The van der Waals surface area contributed by atoms with Crippen molar-refractivity contribution in [3.63, 3.8) is 0 Å². The average Bonchev–Trinajstić information content (AvgIpc) is 3.77. The smallest absolute Gasteiger partial charge is 0.306 e. The van der Waals surface area contributed by atoms with Crippen LogP contribution in [0.2, 0.25) is 0 Å². The number of Topliss-reactive ketones (excluding diaryl/α,β-unsaturated/α-hetero) is 1. The maximum atomic E-state index is 14.4. The lowest BCUT2D eigenvalue weighted by molar-refractivity contribution is -0.210. The first-order valence-corrected chi connectivity index (χ1v) is 23.6. The number of nitrogens with zero attached hydrogens (tertiary/aromatic N) is 2. The number of fused-ring (bicyclic) bond motifs is 7. The van der Waals surface area contributed by atoms with Crippen molar-refractivity contribution in [2.75, 3.05) is 32.7 Å². The van der Waals surface area contributed by atoms with Crippen LogP contribution in [0.3, 0.4) is 0 Å². The van der Waals surface area contributed by atoms with E-state index < -0.39 is 17.5 Å². The summed E-state index contributed by atoms with van der Waals surface area (Å²) in [4.78, 5) is 44.6. The van der Waals surface area contributed by atoms with Crippen LogP contribution >= 0.6 is 0 Å². The number of hydrogen-bond donors (Lipinski definition) is 2. The predicted molar refractivity (Wildman–Crippen MR) is 226 cm³/mol. The van der Waals surface area contributed by atoms with Crippen LogP contribution in [-0.4, -0.2) is 76.5 Å². The molecular formula is C50H76N2O5. The predicted octanol–water partition coefficient (Wildman–Crippen LogP) is 9.79. The molecule has 1 amide bonds. The van der Waals surface area contributed by atoms with E-state index in [1.165, 1.54) is 36.0 Å². The van der Waals surface area contributed by atoms with Gasteiger partial charge in [0.15, 0.2) is 5.78 Å². The van der Waals surface area contributed by atoms with E-state index in [4.69, 9.17) is 0 Å². The third-order valence-electron chi connectivity index (χ3n) is 19.1. The van der Waals surface area contributed by atoms with Gasteiger partial charge in [-0.1, -0.05) is 72.6 Å². The molecule has 4 saturated carbocycles. The maximum Gasteiger partial charge on any atom is 0.306 e. The van der Waals surface area contributed by atoms with Gasteiger partial charge in [0.05, 0.1) is 18.6 Å². The van der Waals surface area contributed by atoms with E-state index in [1.54, 1.807) is 0 Å². The molecule has 1 unspecified atom stereocenters. The van der Waals surface area contributed by atoms with Gasteiger partial charge in [0, 0.05) is 24.9 Å². The number of carboxylic acids is 1. The summed E-state index contributed by atoms with van der Waals surface area (Å²) in [7, 11) is 0. The molecule has 5 fully saturated rings. The minimum Gasteiger partial charge on any atom is -0.481 e. The molecule has 8 aliphatic rings.